The van der Waals surface area contributed by atoms with Crippen LogP contribution in [0.1, 0.15) is 27.9 Å². The highest BCUT2D eigenvalue weighted by Gasteiger charge is 2.17. The lowest BCUT2D eigenvalue weighted by Crippen LogP contribution is -2.16. The average molecular weight is 418 g/mol. The Bertz CT molecular complexity index is 834. The summed E-state index contributed by atoms with van der Waals surface area (Å²) in [5.41, 5.74) is 1.70. The fraction of sp³-hybridized carbons (Fsp3) is 0.348. The third kappa shape index (κ3) is 6.77. The Morgan fingerprint density at radius 2 is 1.70 bits per heavy atom. The van der Waals surface area contributed by atoms with Crippen molar-refractivity contribution in [2.75, 3.05) is 34.5 Å². The molecule has 0 saturated carbocycles. The van der Waals surface area contributed by atoms with Crippen LogP contribution in [0.4, 0.5) is 4.39 Å². The Labute approximate surface area is 176 Å². The number of alkyl halides is 1. The number of rotatable bonds is 12. The largest absolute Gasteiger partial charge is 0.497 e. The maximum Gasteiger partial charge on any atom is 0.338 e. The molecular formula is C23H27FO6. The highest BCUT2D eigenvalue weighted by atomic mass is 19.1. The van der Waals surface area contributed by atoms with Crippen molar-refractivity contribution in [1.82, 2.24) is 0 Å². The monoisotopic (exact) mass is 418 g/mol. The molecule has 0 bridgehead atoms. The number of benzene rings is 2. The minimum Gasteiger partial charge on any atom is -0.497 e. The third-order valence-corrected chi connectivity index (χ3v) is 4.38. The molecule has 1 atom stereocenters. The Balaban J connectivity index is 1.81. The second kappa shape index (κ2) is 11.8. The molecule has 0 aliphatic heterocycles. The predicted octanol–water partition coefficient (Wildman–Crippen LogP) is 4.42. The summed E-state index contributed by atoms with van der Waals surface area (Å²) in [5, 5.41) is 0. The van der Waals surface area contributed by atoms with Crippen molar-refractivity contribution in [3.63, 3.8) is 0 Å². The molecule has 30 heavy (non-hydrogen) atoms. The van der Waals surface area contributed by atoms with E-state index in [0.29, 0.717) is 23.7 Å². The van der Waals surface area contributed by atoms with Gasteiger partial charge in [-0.1, -0.05) is 18.7 Å². The van der Waals surface area contributed by atoms with E-state index in [1.165, 1.54) is 20.3 Å². The number of methoxy groups -OCH3 is 3. The van der Waals surface area contributed by atoms with Gasteiger partial charge in [0.1, 0.15) is 30.0 Å². The van der Waals surface area contributed by atoms with Gasteiger partial charge in [0.25, 0.3) is 0 Å². The highest BCUT2D eigenvalue weighted by Crippen LogP contribution is 2.25. The number of esters is 1. The second-order valence-electron chi connectivity index (χ2n) is 6.42. The zero-order chi connectivity index (χ0) is 21.9. The Morgan fingerprint density at radius 1 is 1.00 bits per heavy atom. The van der Waals surface area contributed by atoms with Crippen molar-refractivity contribution in [1.29, 1.82) is 0 Å². The molecule has 0 radical (unpaired) electrons. The zero-order valence-corrected chi connectivity index (χ0v) is 17.5. The molecule has 0 fully saturated rings. The molecule has 0 heterocycles. The molecule has 6 nitrogen and oxygen atoms in total. The quantitative estimate of drug-likeness (QED) is 0.289. The van der Waals surface area contributed by atoms with Crippen molar-refractivity contribution in [3.05, 3.63) is 65.7 Å². The van der Waals surface area contributed by atoms with Crippen LogP contribution >= 0.6 is 0 Å². The van der Waals surface area contributed by atoms with E-state index in [1.807, 2.05) is 24.3 Å². The summed E-state index contributed by atoms with van der Waals surface area (Å²) in [6.45, 7) is 4.24. The van der Waals surface area contributed by atoms with Gasteiger partial charge in [0, 0.05) is 18.6 Å². The number of hydrogen-bond donors (Lipinski definition) is 0. The van der Waals surface area contributed by atoms with Crippen LogP contribution in [-0.2, 0) is 20.8 Å². The van der Waals surface area contributed by atoms with Gasteiger partial charge in [-0.15, -0.1) is 0 Å². The fourth-order valence-corrected chi connectivity index (χ4v) is 2.64. The molecule has 0 aromatic heterocycles. The van der Waals surface area contributed by atoms with Gasteiger partial charge in [-0.2, -0.15) is 0 Å². The molecule has 0 aliphatic rings. The fourth-order valence-electron chi connectivity index (χ4n) is 2.64. The standard InChI is InChI=1S/C23H27FO6/c1-16(26-2)21-10-9-20(13-22(21)23(25)28-4)30-15-18(24)11-12-29-14-17-5-7-19(27-3)8-6-17/h5-10,13,18H,1,11-12,14-15H2,2-4H3. The molecule has 0 aliphatic carbocycles. The molecule has 2 aromatic rings. The Kier molecular flexibility index (Phi) is 9.15. The highest BCUT2D eigenvalue weighted by molar-refractivity contribution is 5.95. The molecular weight excluding hydrogens is 391 g/mol. The van der Waals surface area contributed by atoms with Gasteiger partial charge in [0.15, 0.2) is 0 Å². The molecule has 7 heteroatoms. The number of carbonyl (C=O) groups excluding carboxylic acids is 1. The lowest BCUT2D eigenvalue weighted by atomic mass is 10.1. The van der Waals surface area contributed by atoms with Crippen molar-refractivity contribution in [3.8, 4) is 11.5 Å². The molecule has 1 unspecified atom stereocenters. The normalized spacial score (nSPS) is 11.5. The van der Waals surface area contributed by atoms with Crippen LogP contribution < -0.4 is 9.47 Å². The van der Waals surface area contributed by atoms with Crippen LogP contribution in [0.25, 0.3) is 5.76 Å². The zero-order valence-electron chi connectivity index (χ0n) is 17.5. The van der Waals surface area contributed by atoms with Gasteiger partial charge in [-0.3, -0.25) is 0 Å². The first-order chi connectivity index (χ1) is 14.5. The van der Waals surface area contributed by atoms with Crippen molar-refractivity contribution < 1.29 is 32.9 Å². The van der Waals surface area contributed by atoms with Crippen LogP contribution in [0.5, 0.6) is 11.5 Å². The van der Waals surface area contributed by atoms with Gasteiger partial charge in [0.05, 0.1) is 33.5 Å². The van der Waals surface area contributed by atoms with Gasteiger partial charge in [-0.05, 0) is 35.9 Å². The van der Waals surface area contributed by atoms with Gasteiger partial charge in [0.2, 0.25) is 0 Å². The van der Waals surface area contributed by atoms with Crippen LogP contribution in [0, 0.1) is 0 Å². The van der Waals surface area contributed by atoms with Crippen molar-refractivity contribution in [2.45, 2.75) is 19.2 Å². The molecule has 0 amide bonds. The Hall–Kier alpha value is -3.06. The summed E-state index contributed by atoms with van der Waals surface area (Å²) >= 11 is 0. The number of carbonyl (C=O) groups is 1. The molecule has 0 spiro atoms. The van der Waals surface area contributed by atoms with E-state index in [4.69, 9.17) is 23.7 Å². The van der Waals surface area contributed by atoms with Crippen LogP contribution in [0.3, 0.4) is 0 Å². The molecule has 0 N–H and O–H groups in total. The van der Waals surface area contributed by atoms with Gasteiger partial charge < -0.3 is 23.7 Å². The summed E-state index contributed by atoms with van der Waals surface area (Å²) in [6, 6.07) is 12.2. The van der Waals surface area contributed by atoms with E-state index in [9.17, 15) is 9.18 Å². The number of ether oxygens (including phenoxy) is 5. The maximum absolute atomic E-state index is 14.2. The smallest absolute Gasteiger partial charge is 0.338 e. The summed E-state index contributed by atoms with van der Waals surface area (Å²) in [7, 11) is 4.34. The van der Waals surface area contributed by atoms with Crippen molar-refractivity contribution in [2.24, 2.45) is 0 Å². The molecule has 2 rings (SSSR count). The van der Waals surface area contributed by atoms with E-state index in [0.717, 1.165) is 11.3 Å². The van der Waals surface area contributed by atoms with Gasteiger partial charge in [-0.25, -0.2) is 9.18 Å². The second-order valence-corrected chi connectivity index (χ2v) is 6.42. The lowest BCUT2D eigenvalue weighted by Gasteiger charge is -2.14. The van der Waals surface area contributed by atoms with E-state index < -0.39 is 12.1 Å². The van der Waals surface area contributed by atoms with E-state index >= 15 is 0 Å². The first-order valence-corrected chi connectivity index (χ1v) is 9.41. The third-order valence-electron chi connectivity index (χ3n) is 4.38. The first kappa shape index (κ1) is 23.2. The van der Waals surface area contributed by atoms with E-state index in [2.05, 4.69) is 6.58 Å². The van der Waals surface area contributed by atoms with E-state index in [-0.39, 0.29) is 25.2 Å². The molecule has 2 aromatic carbocycles. The average Bonchev–Trinajstić information content (AvgIpc) is 2.79. The minimum atomic E-state index is -1.21. The number of halogens is 1. The summed E-state index contributed by atoms with van der Waals surface area (Å²) in [5.74, 6) is 0.885. The van der Waals surface area contributed by atoms with Crippen LogP contribution in [-0.4, -0.2) is 46.7 Å². The van der Waals surface area contributed by atoms with Crippen LogP contribution in [0.2, 0.25) is 0 Å². The minimum absolute atomic E-state index is 0.156. The topological polar surface area (TPSA) is 63.2 Å². The summed E-state index contributed by atoms with van der Waals surface area (Å²) < 4.78 is 40.1. The van der Waals surface area contributed by atoms with Crippen LogP contribution in [0.15, 0.2) is 49.0 Å². The van der Waals surface area contributed by atoms with Crippen molar-refractivity contribution >= 4 is 11.7 Å². The predicted molar refractivity (Wildman–Crippen MR) is 111 cm³/mol. The number of hydrogen-bond acceptors (Lipinski definition) is 6. The molecule has 0 saturated heterocycles. The SMILES string of the molecule is C=C(OC)c1ccc(OCC(F)CCOCc2ccc(OC)cc2)cc1C(=O)OC. The first-order valence-electron chi connectivity index (χ1n) is 9.41. The lowest BCUT2D eigenvalue weighted by molar-refractivity contribution is 0.0599. The van der Waals surface area contributed by atoms with E-state index in [1.54, 1.807) is 19.2 Å². The maximum atomic E-state index is 14.2. The summed E-state index contributed by atoms with van der Waals surface area (Å²) in [6.07, 6.45) is -1.02. The molecule has 162 valence electrons. The summed E-state index contributed by atoms with van der Waals surface area (Å²) in [4.78, 5) is 12.0. The Morgan fingerprint density at radius 3 is 2.33 bits per heavy atom. The van der Waals surface area contributed by atoms with Gasteiger partial charge >= 0.3 is 5.97 Å².